The lowest BCUT2D eigenvalue weighted by Gasteiger charge is -2.24. The number of hydrogen-bond donors (Lipinski definition) is 1. The number of para-hydroxylation sites is 4. The number of ether oxygens (including phenoxy) is 1. The highest BCUT2D eigenvalue weighted by molar-refractivity contribution is 7.92. The number of carbonyl (C=O) groups is 1. The van der Waals surface area contributed by atoms with Crippen LogP contribution in [0.25, 0.3) is 11.1 Å². The number of anilines is 2. The van der Waals surface area contributed by atoms with Crippen LogP contribution in [0.15, 0.2) is 109 Å². The van der Waals surface area contributed by atoms with Gasteiger partial charge in [0, 0.05) is 11.3 Å². The number of sulfonamides is 1. The van der Waals surface area contributed by atoms with Crippen molar-refractivity contribution in [1.29, 1.82) is 0 Å². The molecule has 0 aliphatic carbocycles. The molecule has 4 aromatic rings. The summed E-state index contributed by atoms with van der Waals surface area (Å²) in [5.41, 5.74) is 2.66. The molecule has 0 heterocycles. The van der Waals surface area contributed by atoms with Crippen LogP contribution in [0, 0.1) is 0 Å². The summed E-state index contributed by atoms with van der Waals surface area (Å²) in [5, 5.41) is 2.86. The lowest BCUT2D eigenvalue weighted by molar-refractivity contribution is -0.114. The molecule has 4 aromatic carbocycles. The van der Waals surface area contributed by atoms with Gasteiger partial charge in [-0.25, -0.2) is 8.42 Å². The van der Waals surface area contributed by atoms with Gasteiger partial charge < -0.3 is 10.1 Å². The van der Waals surface area contributed by atoms with Crippen molar-refractivity contribution in [2.24, 2.45) is 0 Å². The van der Waals surface area contributed by atoms with E-state index < -0.39 is 22.5 Å². The molecule has 1 amide bonds. The highest BCUT2D eigenvalue weighted by Gasteiger charge is 2.24. The molecule has 0 bridgehead atoms. The number of carbonyl (C=O) groups excluding carboxylic acids is 1. The highest BCUT2D eigenvalue weighted by atomic mass is 32.2. The van der Waals surface area contributed by atoms with Gasteiger partial charge in [-0.05, 0) is 35.9 Å². The van der Waals surface area contributed by atoms with E-state index in [4.69, 9.17) is 4.74 Å². The average molecular weight is 473 g/mol. The summed E-state index contributed by atoms with van der Waals surface area (Å²) in [5.74, 6) is 0.421. The fourth-order valence-corrected chi connectivity index (χ4v) is 4.39. The number of hydrogen-bond acceptors (Lipinski definition) is 4. The maximum Gasteiger partial charge on any atom is 0.245 e. The zero-order valence-corrected chi connectivity index (χ0v) is 19.4. The summed E-state index contributed by atoms with van der Waals surface area (Å²) in [6.45, 7) is -0.406. The van der Waals surface area contributed by atoms with Gasteiger partial charge in [0.05, 0.1) is 11.9 Å². The zero-order valence-electron chi connectivity index (χ0n) is 18.6. The van der Waals surface area contributed by atoms with Gasteiger partial charge in [-0.3, -0.25) is 9.10 Å². The van der Waals surface area contributed by atoms with Gasteiger partial charge in [0.15, 0.2) is 5.75 Å². The first-order chi connectivity index (χ1) is 16.4. The summed E-state index contributed by atoms with van der Waals surface area (Å²) < 4.78 is 32.4. The molecule has 0 fully saturated rings. The van der Waals surface area contributed by atoms with Crippen molar-refractivity contribution in [2.75, 3.05) is 22.4 Å². The molecule has 1 N–H and O–H groups in total. The quantitative estimate of drug-likeness (QED) is 0.365. The Morgan fingerprint density at radius 1 is 0.794 bits per heavy atom. The monoisotopic (exact) mass is 472 g/mol. The van der Waals surface area contributed by atoms with Crippen LogP contribution in [-0.4, -0.2) is 27.1 Å². The van der Waals surface area contributed by atoms with Gasteiger partial charge in [0.1, 0.15) is 12.3 Å². The van der Waals surface area contributed by atoms with E-state index in [0.717, 1.165) is 21.7 Å². The molecule has 0 saturated carbocycles. The van der Waals surface area contributed by atoms with Gasteiger partial charge in [0.25, 0.3) is 0 Å². The second-order valence-electron chi connectivity index (χ2n) is 7.61. The lowest BCUT2D eigenvalue weighted by atomic mass is 10.0. The minimum Gasteiger partial charge on any atom is -0.455 e. The zero-order chi connectivity index (χ0) is 24.0. The van der Waals surface area contributed by atoms with Crippen LogP contribution in [0.2, 0.25) is 0 Å². The largest absolute Gasteiger partial charge is 0.455 e. The standard InChI is InChI=1S/C27H24N2O4S/c1-34(31,32)29(25-18-10-11-19-26(25)33-22-14-6-3-7-15-22)20-27(30)28-24-17-9-8-16-23(24)21-12-4-2-5-13-21/h2-19H,20H2,1H3,(H,28,30). The molecule has 4 rings (SSSR count). The Hall–Kier alpha value is -4.10. The molecule has 7 heteroatoms. The molecule has 0 saturated heterocycles. The third kappa shape index (κ3) is 5.63. The smallest absolute Gasteiger partial charge is 0.245 e. The first-order valence-corrected chi connectivity index (χ1v) is 12.5. The SMILES string of the molecule is CS(=O)(=O)N(CC(=O)Nc1ccccc1-c1ccccc1)c1ccccc1Oc1ccccc1. The van der Waals surface area contributed by atoms with Crippen LogP contribution in [-0.2, 0) is 14.8 Å². The first-order valence-electron chi connectivity index (χ1n) is 10.7. The molecule has 0 spiro atoms. The van der Waals surface area contributed by atoms with E-state index in [0.29, 0.717) is 17.2 Å². The number of amides is 1. The van der Waals surface area contributed by atoms with E-state index in [1.807, 2.05) is 66.7 Å². The summed E-state index contributed by atoms with van der Waals surface area (Å²) >= 11 is 0. The number of nitrogens with one attached hydrogen (secondary N) is 1. The summed E-state index contributed by atoms with van der Waals surface area (Å²) in [6, 6.07) is 32.8. The van der Waals surface area contributed by atoms with Crippen molar-refractivity contribution >= 4 is 27.3 Å². The Bertz CT molecular complexity index is 1370. The highest BCUT2D eigenvalue weighted by Crippen LogP contribution is 2.34. The first kappa shape index (κ1) is 23.1. The van der Waals surface area contributed by atoms with E-state index in [1.54, 1.807) is 42.5 Å². The predicted octanol–water partition coefficient (Wildman–Crippen LogP) is 5.55. The molecular weight excluding hydrogens is 448 g/mol. The summed E-state index contributed by atoms with van der Waals surface area (Å²) in [7, 11) is -3.79. The molecule has 6 nitrogen and oxygen atoms in total. The lowest BCUT2D eigenvalue weighted by Crippen LogP contribution is -2.37. The van der Waals surface area contributed by atoms with Gasteiger partial charge in [-0.15, -0.1) is 0 Å². The fraction of sp³-hybridized carbons (Fsp3) is 0.0741. The number of benzene rings is 4. The van der Waals surface area contributed by atoms with Crippen LogP contribution in [0.1, 0.15) is 0 Å². The van der Waals surface area contributed by atoms with Gasteiger partial charge in [-0.2, -0.15) is 0 Å². The average Bonchev–Trinajstić information content (AvgIpc) is 2.84. The third-order valence-electron chi connectivity index (χ3n) is 5.08. The van der Waals surface area contributed by atoms with Gasteiger partial charge in [0.2, 0.25) is 15.9 Å². The maximum atomic E-state index is 13.0. The van der Waals surface area contributed by atoms with E-state index in [-0.39, 0.29) is 5.69 Å². The normalized spacial score (nSPS) is 11.0. The van der Waals surface area contributed by atoms with Crippen LogP contribution in [0.5, 0.6) is 11.5 Å². The Labute approximate surface area is 199 Å². The van der Waals surface area contributed by atoms with E-state index in [1.165, 1.54) is 0 Å². The minimum atomic E-state index is -3.79. The van der Waals surface area contributed by atoms with Crippen LogP contribution in [0.3, 0.4) is 0 Å². The molecule has 0 atom stereocenters. The van der Waals surface area contributed by atoms with Crippen LogP contribution < -0.4 is 14.4 Å². The van der Waals surface area contributed by atoms with E-state index in [9.17, 15) is 13.2 Å². The van der Waals surface area contributed by atoms with E-state index in [2.05, 4.69) is 5.32 Å². The Morgan fingerprint density at radius 2 is 1.38 bits per heavy atom. The van der Waals surface area contributed by atoms with Gasteiger partial charge in [-0.1, -0.05) is 78.9 Å². The topological polar surface area (TPSA) is 75.7 Å². The summed E-state index contributed by atoms with van der Waals surface area (Å²) in [6.07, 6.45) is 1.07. The molecule has 34 heavy (non-hydrogen) atoms. The molecule has 0 aliphatic heterocycles. The molecule has 172 valence electrons. The molecule has 0 radical (unpaired) electrons. The molecular formula is C27H24N2O4S. The minimum absolute atomic E-state index is 0.278. The number of rotatable bonds is 8. The Balaban J connectivity index is 1.61. The van der Waals surface area contributed by atoms with Crippen molar-refractivity contribution in [3.05, 3.63) is 109 Å². The van der Waals surface area contributed by atoms with Crippen molar-refractivity contribution in [3.8, 4) is 22.6 Å². The van der Waals surface area contributed by atoms with E-state index >= 15 is 0 Å². The molecule has 0 unspecified atom stereocenters. The fourth-order valence-electron chi connectivity index (χ4n) is 3.53. The van der Waals surface area contributed by atoms with Crippen molar-refractivity contribution in [3.63, 3.8) is 0 Å². The molecule has 0 aliphatic rings. The van der Waals surface area contributed by atoms with Crippen LogP contribution >= 0.6 is 0 Å². The predicted molar refractivity (Wildman–Crippen MR) is 136 cm³/mol. The number of nitrogens with zero attached hydrogens (tertiary/aromatic N) is 1. The Morgan fingerprint density at radius 3 is 2.09 bits per heavy atom. The Kier molecular flexibility index (Phi) is 6.94. The second-order valence-corrected chi connectivity index (χ2v) is 9.52. The van der Waals surface area contributed by atoms with Gasteiger partial charge >= 0.3 is 0 Å². The third-order valence-corrected chi connectivity index (χ3v) is 6.20. The molecule has 0 aromatic heterocycles. The van der Waals surface area contributed by atoms with Crippen molar-refractivity contribution in [2.45, 2.75) is 0 Å². The summed E-state index contributed by atoms with van der Waals surface area (Å²) in [4.78, 5) is 13.0. The van der Waals surface area contributed by atoms with Crippen molar-refractivity contribution in [1.82, 2.24) is 0 Å². The van der Waals surface area contributed by atoms with Crippen LogP contribution in [0.4, 0.5) is 11.4 Å². The second kappa shape index (κ2) is 10.2. The van der Waals surface area contributed by atoms with Crippen molar-refractivity contribution < 1.29 is 17.9 Å². The maximum absolute atomic E-state index is 13.0.